The number of rotatable bonds is 2. The standard InChI is InChI=1S/C13H11F2NO/c1-8-5-6-16-13(10(8)7-17)9-3-2-4-11(14)12(9)15/h2-6,17H,7H2,1H3. The van der Waals surface area contributed by atoms with Crippen molar-refractivity contribution < 1.29 is 13.9 Å². The van der Waals surface area contributed by atoms with Crippen molar-refractivity contribution in [1.29, 1.82) is 0 Å². The van der Waals surface area contributed by atoms with Gasteiger partial charge in [-0.05, 0) is 30.7 Å². The summed E-state index contributed by atoms with van der Waals surface area (Å²) in [5.74, 6) is -1.87. The van der Waals surface area contributed by atoms with Gasteiger partial charge in [0.2, 0.25) is 0 Å². The highest BCUT2D eigenvalue weighted by molar-refractivity contribution is 5.65. The first kappa shape index (κ1) is 11.7. The molecule has 0 unspecified atom stereocenters. The summed E-state index contributed by atoms with van der Waals surface area (Å²) < 4.78 is 26.8. The van der Waals surface area contributed by atoms with Gasteiger partial charge in [-0.3, -0.25) is 4.98 Å². The van der Waals surface area contributed by atoms with Gasteiger partial charge in [-0.25, -0.2) is 8.78 Å². The van der Waals surface area contributed by atoms with E-state index < -0.39 is 11.6 Å². The fraction of sp³-hybridized carbons (Fsp3) is 0.154. The number of hydrogen-bond donors (Lipinski definition) is 1. The van der Waals surface area contributed by atoms with Crippen LogP contribution in [0.3, 0.4) is 0 Å². The molecule has 1 N–H and O–H groups in total. The van der Waals surface area contributed by atoms with Crippen LogP contribution in [0.2, 0.25) is 0 Å². The number of aryl methyl sites for hydroxylation is 1. The zero-order valence-corrected chi connectivity index (χ0v) is 9.24. The van der Waals surface area contributed by atoms with E-state index >= 15 is 0 Å². The van der Waals surface area contributed by atoms with Gasteiger partial charge < -0.3 is 5.11 Å². The smallest absolute Gasteiger partial charge is 0.168 e. The summed E-state index contributed by atoms with van der Waals surface area (Å²) in [6.45, 7) is 1.53. The number of hydrogen-bond acceptors (Lipinski definition) is 2. The Kier molecular flexibility index (Phi) is 3.15. The summed E-state index contributed by atoms with van der Waals surface area (Å²) in [6, 6.07) is 5.62. The number of aliphatic hydroxyl groups is 1. The van der Waals surface area contributed by atoms with E-state index in [4.69, 9.17) is 0 Å². The lowest BCUT2D eigenvalue weighted by atomic mass is 10.0. The van der Waals surface area contributed by atoms with Gasteiger partial charge in [-0.15, -0.1) is 0 Å². The van der Waals surface area contributed by atoms with Crippen LogP contribution >= 0.6 is 0 Å². The average Bonchev–Trinajstić information content (AvgIpc) is 2.32. The molecule has 2 rings (SSSR count). The van der Waals surface area contributed by atoms with Gasteiger partial charge in [0.05, 0.1) is 12.3 Å². The lowest BCUT2D eigenvalue weighted by molar-refractivity contribution is 0.281. The van der Waals surface area contributed by atoms with E-state index in [9.17, 15) is 13.9 Å². The molecule has 2 aromatic rings. The maximum atomic E-state index is 13.6. The largest absolute Gasteiger partial charge is 0.392 e. The Morgan fingerprint density at radius 1 is 1.24 bits per heavy atom. The van der Waals surface area contributed by atoms with Gasteiger partial charge in [-0.2, -0.15) is 0 Å². The second kappa shape index (κ2) is 4.59. The van der Waals surface area contributed by atoms with Crippen molar-refractivity contribution in [3.8, 4) is 11.3 Å². The van der Waals surface area contributed by atoms with Crippen LogP contribution in [0.25, 0.3) is 11.3 Å². The van der Waals surface area contributed by atoms with Crippen LogP contribution in [-0.4, -0.2) is 10.1 Å². The molecule has 0 aliphatic rings. The third-order valence-corrected chi connectivity index (χ3v) is 2.65. The Labute approximate surface area is 97.6 Å². The van der Waals surface area contributed by atoms with Crippen molar-refractivity contribution in [1.82, 2.24) is 4.98 Å². The summed E-state index contributed by atoms with van der Waals surface area (Å²) in [5, 5.41) is 9.26. The third-order valence-electron chi connectivity index (χ3n) is 2.65. The first-order valence-electron chi connectivity index (χ1n) is 5.15. The summed E-state index contributed by atoms with van der Waals surface area (Å²) in [4.78, 5) is 4.02. The molecule has 0 radical (unpaired) electrons. The molecule has 0 atom stereocenters. The maximum Gasteiger partial charge on any atom is 0.168 e. The molecule has 2 nitrogen and oxygen atoms in total. The van der Waals surface area contributed by atoms with E-state index in [1.54, 1.807) is 13.0 Å². The van der Waals surface area contributed by atoms with Gasteiger partial charge in [0.25, 0.3) is 0 Å². The van der Waals surface area contributed by atoms with Gasteiger partial charge in [-0.1, -0.05) is 6.07 Å². The first-order valence-corrected chi connectivity index (χ1v) is 5.15. The molecule has 0 fully saturated rings. The van der Waals surface area contributed by atoms with E-state index in [1.807, 2.05) is 0 Å². The number of halogens is 2. The summed E-state index contributed by atoms with van der Waals surface area (Å²) >= 11 is 0. The molecule has 17 heavy (non-hydrogen) atoms. The second-order valence-corrected chi connectivity index (χ2v) is 3.71. The Morgan fingerprint density at radius 2 is 2.00 bits per heavy atom. The summed E-state index contributed by atoms with van der Waals surface area (Å²) in [7, 11) is 0. The zero-order valence-electron chi connectivity index (χ0n) is 9.24. The molecule has 0 saturated heterocycles. The zero-order chi connectivity index (χ0) is 12.4. The molecule has 4 heteroatoms. The topological polar surface area (TPSA) is 33.1 Å². The molecule has 0 aliphatic carbocycles. The van der Waals surface area contributed by atoms with Crippen LogP contribution in [0.15, 0.2) is 30.5 Å². The van der Waals surface area contributed by atoms with Crippen molar-refractivity contribution in [2.24, 2.45) is 0 Å². The van der Waals surface area contributed by atoms with E-state index in [0.717, 1.165) is 11.6 Å². The van der Waals surface area contributed by atoms with E-state index in [0.29, 0.717) is 5.56 Å². The number of nitrogens with zero attached hydrogens (tertiary/aromatic N) is 1. The monoisotopic (exact) mass is 235 g/mol. The van der Waals surface area contributed by atoms with Crippen molar-refractivity contribution in [2.45, 2.75) is 13.5 Å². The third kappa shape index (κ3) is 2.03. The predicted molar refractivity (Wildman–Crippen MR) is 60.2 cm³/mol. The minimum Gasteiger partial charge on any atom is -0.392 e. The van der Waals surface area contributed by atoms with E-state index in [2.05, 4.69) is 4.98 Å². The number of aliphatic hydroxyl groups excluding tert-OH is 1. The number of pyridine rings is 1. The number of aromatic nitrogens is 1. The molecule has 1 heterocycles. The van der Waals surface area contributed by atoms with E-state index in [-0.39, 0.29) is 17.9 Å². The van der Waals surface area contributed by atoms with Crippen molar-refractivity contribution >= 4 is 0 Å². The Bertz CT molecular complexity index is 555. The van der Waals surface area contributed by atoms with Crippen LogP contribution < -0.4 is 0 Å². The normalized spacial score (nSPS) is 10.6. The molecule has 1 aromatic heterocycles. The molecule has 0 spiro atoms. The molecular weight excluding hydrogens is 224 g/mol. The molecule has 0 aliphatic heterocycles. The predicted octanol–water partition coefficient (Wildman–Crippen LogP) is 2.83. The number of benzene rings is 1. The van der Waals surface area contributed by atoms with Gasteiger partial charge >= 0.3 is 0 Å². The highest BCUT2D eigenvalue weighted by Crippen LogP contribution is 2.27. The van der Waals surface area contributed by atoms with Crippen molar-refractivity contribution in [2.75, 3.05) is 0 Å². The lowest BCUT2D eigenvalue weighted by Crippen LogP contribution is -1.99. The van der Waals surface area contributed by atoms with Crippen LogP contribution in [0.1, 0.15) is 11.1 Å². The fourth-order valence-electron chi connectivity index (χ4n) is 1.71. The summed E-state index contributed by atoms with van der Waals surface area (Å²) in [5.41, 5.74) is 1.65. The molecule has 0 bridgehead atoms. The molecule has 0 saturated carbocycles. The van der Waals surface area contributed by atoms with Crippen molar-refractivity contribution in [3.63, 3.8) is 0 Å². The van der Waals surface area contributed by atoms with E-state index in [1.165, 1.54) is 18.3 Å². The second-order valence-electron chi connectivity index (χ2n) is 3.71. The Balaban J connectivity index is 2.68. The SMILES string of the molecule is Cc1ccnc(-c2cccc(F)c2F)c1CO. The minimum absolute atomic E-state index is 0.0674. The minimum atomic E-state index is -0.944. The molecule has 0 amide bonds. The fourth-order valence-corrected chi connectivity index (χ4v) is 1.71. The lowest BCUT2D eigenvalue weighted by Gasteiger charge is -2.10. The molecule has 1 aromatic carbocycles. The Hall–Kier alpha value is -1.81. The highest BCUT2D eigenvalue weighted by atomic mass is 19.2. The van der Waals surface area contributed by atoms with Crippen LogP contribution in [0.5, 0.6) is 0 Å². The van der Waals surface area contributed by atoms with Crippen LogP contribution in [0.4, 0.5) is 8.78 Å². The van der Waals surface area contributed by atoms with Gasteiger partial charge in [0, 0.05) is 17.3 Å². The van der Waals surface area contributed by atoms with Crippen LogP contribution in [0, 0.1) is 18.6 Å². The molecule has 88 valence electrons. The average molecular weight is 235 g/mol. The maximum absolute atomic E-state index is 13.6. The first-order chi connectivity index (χ1) is 8.15. The van der Waals surface area contributed by atoms with Crippen molar-refractivity contribution in [3.05, 3.63) is 53.2 Å². The van der Waals surface area contributed by atoms with Gasteiger partial charge in [0.1, 0.15) is 0 Å². The quantitative estimate of drug-likeness (QED) is 0.868. The van der Waals surface area contributed by atoms with Crippen LogP contribution in [-0.2, 0) is 6.61 Å². The highest BCUT2D eigenvalue weighted by Gasteiger charge is 2.15. The Morgan fingerprint density at radius 3 is 2.71 bits per heavy atom. The molecular formula is C13H11F2NO. The summed E-state index contributed by atoms with van der Waals surface area (Å²) in [6.07, 6.45) is 1.51. The van der Waals surface area contributed by atoms with Gasteiger partial charge in [0.15, 0.2) is 11.6 Å².